The zero-order valence-corrected chi connectivity index (χ0v) is 19.3. The topological polar surface area (TPSA) is 66.9 Å². The molecule has 3 rings (SSSR count). The minimum absolute atomic E-state index is 0.0337. The molecule has 1 heterocycles. The Morgan fingerprint density at radius 1 is 1.24 bits per heavy atom. The summed E-state index contributed by atoms with van der Waals surface area (Å²) in [5, 5.41) is 0.217. The standard InChI is InChI=1S/C20H22BrClN2O4S/c1-3-23(29(26,27)16-6-8-19(28-4-2)17(22)12-16)13-20(25)24-10-9-14-11-15(21)5-7-18(14)24/h5-8,11-12H,3-4,9-10,13H2,1-2H3. The van der Waals surface area contributed by atoms with E-state index in [0.717, 1.165) is 26.4 Å². The third kappa shape index (κ3) is 4.60. The number of ether oxygens (including phenoxy) is 1. The molecule has 29 heavy (non-hydrogen) atoms. The van der Waals surface area contributed by atoms with Gasteiger partial charge in [0.25, 0.3) is 0 Å². The molecule has 0 aromatic heterocycles. The summed E-state index contributed by atoms with van der Waals surface area (Å²) in [6.07, 6.45) is 0.744. The number of hydrogen-bond acceptors (Lipinski definition) is 4. The van der Waals surface area contributed by atoms with Gasteiger partial charge in [-0.15, -0.1) is 0 Å². The van der Waals surface area contributed by atoms with E-state index in [1.165, 1.54) is 18.2 Å². The van der Waals surface area contributed by atoms with Crippen molar-refractivity contribution in [1.29, 1.82) is 0 Å². The highest BCUT2D eigenvalue weighted by Crippen LogP contribution is 2.32. The minimum atomic E-state index is -3.88. The number of carbonyl (C=O) groups is 1. The van der Waals surface area contributed by atoms with E-state index in [0.29, 0.717) is 18.9 Å². The van der Waals surface area contributed by atoms with Crippen molar-refractivity contribution in [1.82, 2.24) is 4.31 Å². The molecule has 1 aliphatic rings. The third-order valence-corrected chi connectivity index (χ3v) is 7.45. The number of anilines is 1. The van der Waals surface area contributed by atoms with Crippen LogP contribution in [0.4, 0.5) is 5.69 Å². The average Bonchev–Trinajstić information content (AvgIpc) is 3.10. The van der Waals surface area contributed by atoms with E-state index in [-0.39, 0.29) is 28.9 Å². The fourth-order valence-electron chi connectivity index (χ4n) is 3.30. The van der Waals surface area contributed by atoms with Crippen molar-refractivity contribution in [2.45, 2.75) is 25.2 Å². The number of benzene rings is 2. The molecule has 0 saturated heterocycles. The van der Waals surface area contributed by atoms with Gasteiger partial charge in [0.2, 0.25) is 15.9 Å². The maximum absolute atomic E-state index is 13.1. The van der Waals surface area contributed by atoms with Gasteiger partial charge in [0.05, 0.1) is 23.1 Å². The number of hydrogen-bond donors (Lipinski definition) is 0. The maximum atomic E-state index is 13.1. The highest BCUT2D eigenvalue weighted by molar-refractivity contribution is 9.10. The van der Waals surface area contributed by atoms with Crippen LogP contribution < -0.4 is 9.64 Å². The lowest BCUT2D eigenvalue weighted by atomic mass is 10.2. The minimum Gasteiger partial charge on any atom is -0.492 e. The van der Waals surface area contributed by atoms with Gasteiger partial charge in [-0.1, -0.05) is 34.5 Å². The summed E-state index contributed by atoms with van der Waals surface area (Å²) in [5.41, 5.74) is 1.90. The van der Waals surface area contributed by atoms with Crippen molar-refractivity contribution in [3.05, 3.63) is 51.5 Å². The average molecular weight is 502 g/mol. The number of nitrogens with zero attached hydrogens (tertiary/aromatic N) is 2. The van der Waals surface area contributed by atoms with Gasteiger partial charge in [0.15, 0.2) is 0 Å². The van der Waals surface area contributed by atoms with Gasteiger partial charge in [-0.25, -0.2) is 8.42 Å². The number of rotatable bonds is 7. The van der Waals surface area contributed by atoms with E-state index in [2.05, 4.69) is 15.9 Å². The molecule has 0 aliphatic carbocycles. The van der Waals surface area contributed by atoms with Crippen molar-refractivity contribution in [3.8, 4) is 5.75 Å². The molecule has 156 valence electrons. The second kappa shape index (κ2) is 9.04. The summed E-state index contributed by atoms with van der Waals surface area (Å²) in [6, 6.07) is 10.1. The molecule has 0 spiro atoms. The van der Waals surface area contributed by atoms with Crippen LogP contribution >= 0.6 is 27.5 Å². The molecule has 2 aromatic carbocycles. The zero-order chi connectivity index (χ0) is 21.2. The van der Waals surface area contributed by atoms with Crippen molar-refractivity contribution in [3.63, 3.8) is 0 Å². The van der Waals surface area contributed by atoms with Crippen molar-refractivity contribution < 1.29 is 17.9 Å². The van der Waals surface area contributed by atoms with Gasteiger partial charge in [0.1, 0.15) is 5.75 Å². The molecule has 6 nitrogen and oxygen atoms in total. The molecular weight excluding hydrogens is 480 g/mol. The van der Waals surface area contributed by atoms with Crippen LogP contribution in [0.1, 0.15) is 19.4 Å². The van der Waals surface area contributed by atoms with Crippen LogP contribution in [0.25, 0.3) is 0 Å². The van der Waals surface area contributed by atoms with E-state index in [1.54, 1.807) is 11.8 Å². The predicted octanol–water partition coefficient (Wildman–Crippen LogP) is 4.10. The molecule has 9 heteroatoms. The number of carbonyl (C=O) groups excluding carboxylic acids is 1. The molecule has 0 radical (unpaired) electrons. The summed E-state index contributed by atoms with van der Waals surface area (Å²) in [5.74, 6) is 0.167. The first kappa shape index (κ1) is 22.1. The van der Waals surface area contributed by atoms with Crippen molar-refractivity contribution in [2.75, 3.05) is 31.1 Å². The lowest BCUT2D eigenvalue weighted by Gasteiger charge is -2.24. The van der Waals surface area contributed by atoms with Crippen LogP contribution in [0.2, 0.25) is 5.02 Å². The summed E-state index contributed by atoms with van der Waals surface area (Å²) >= 11 is 9.59. The Morgan fingerprint density at radius 2 is 2.00 bits per heavy atom. The first-order valence-corrected chi connectivity index (χ1v) is 11.9. The number of fused-ring (bicyclic) bond motifs is 1. The molecule has 0 fully saturated rings. The van der Waals surface area contributed by atoms with E-state index in [9.17, 15) is 13.2 Å². The molecule has 0 N–H and O–H groups in total. The van der Waals surface area contributed by atoms with Gasteiger partial charge in [0, 0.05) is 23.2 Å². The van der Waals surface area contributed by atoms with E-state index in [1.807, 2.05) is 25.1 Å². The van der Waals surface area contributed by atoms with Crippen LogP contribution in [0.15, 0.2) is 45.8 Å². The van der Waals surface area contributed by atoms with Gasteiger partial charge < -0.3 is 9.64 Å². The van der Waals surface area contributed by atoms with Crippen LogP contribution in [-0.2, 0) is 21.2 Å². The summed E-state index contributed by atoms with van der Waals surface area (Å²) < 4.78 is 33.6. The largest absolute Gasteiger partial charge is 0.492 e. The Hall–Kier alpha value is -1.61. The monoisotopic (exact) mass is 500 g/mol. The Morgan fingerprint density at radius 3 is 2.66 bits per heavy atom. The molecule has 0 saturated carbocycles. The lowest BCUT2D eigenvalue weighted by molar-refractivity contribution is -0.118. The summed E-state index contributed by atoms with van der Waals surface area (Å²) in [7, 11) is -3.88. The molecule has 0 unspecified atom stereocenters. The summed E-state index contributed by atoms with van der Waals surface area (Å²) in [6.45, 7) is 4.42. The molecule has 0 bridgehead atoms. The second-order valence-electron chi connectivity index (χ2n) is 6.52. The first-order valence-electron chi connectivity index (χ1n) is 9.29. The van der Waals surface area contributed by atoms with E-state index in [4.69, 9.17) is 16.3 Å². The van der Waals surface area contributed by atoms with Crippen LogP contribution in [0.5, 0.6) is 5.75 Å². The molecular formula is C20H22BrClN2O4S. The summed E-state index contributed by atoms with van der Waals surface area (Å²) in [4.78, 5) is 14.6. The number of likely N-dealkylation sites (N-methyl/N-ethyl adjacent to an activating group) is 1. The number of sulfonamides is 1. The van der Waals surface area contributed by atoms with Gasteiger partial charge in [-0.3, -0.25) is 4.79 Å². The van der Waals surface area contributed by atoms with Gasteiger partial charge in [-0.05, 0) is 55.3 Å². The van der Waals surface area contributed by atoms with E-state index < -0.39 is 10.0 Å². The zero-order valence-electron chi connectivity index (χ0n) is 16.2. The Balaban J connectivity index is 1.81. The predicted molar refractivity (Wildman–Crippen MR) is 117 cm³/mol. The Bertz CT molecular complexity index is 1030. The fraction of sp³-hybridized carbons (Fsp3) is 0.350. The van der Waals surface area contributed by atoms with Crippen molar-refractivity contribution in [2.24, 2.45) is 0 Å². The smallest absolute Gasteiger partial charge is 0.243 e. The fourth-order valence-corrected chi connectivity index (χ4v) is 5.43. The van der Waals surface area contributed by atoms with Gasteiger partial charge in [-0.2, -0.15) is 4.31 Å². The highest BCUT2D eigenvalue weighted by atomic mass is 79.9. The normalized spacial score (nSPS) is 13.6. The van der Waals surface area contributed by atoms with E-state index >= 15 is 0 Å². The SMILES string of the molecule is CCOc1ccc(S(=O)(=O)N(CC)CC(=O)N2CCc3cc(Br)ccc32)cc1Cl. The maximum Gasteiger partial charge on any atom is 0.243 e. The molecule has 0 atom stereocenters. The molecule has 1 amide bonds. The molecule has 2 aromatic rings. The van der Waals surface area contributed by atoms with Crippen LogP contribution in [-0.4, -0.2) is 44.9 Å². The second-order valence-corrected chi connectivity index (χ2v) is 9.79. The lowest BCUT2D eigenvalue weighted by Crippen LogP contribution is -2.42. The number of halogens is 2. The third-order valence-electron chi connectivity index (χ3n) is 4.74. The highest BCUT2D eigenvalue weighted by Gasteiger charge is 2.31. The van der Waals surface area contributed by atoms with Gasteiger partial charge >= 0.3 is 0 Å². The Labute approximate surface area is 184 Å². The first-order chi connectivity index (χ1) is 13.8. The van der Waals surface area contributed by atoms with Crippen LogP contribution in [0, 0.1) is 0 Å². The quantitative estimate of drug-likeness (QED) is 0.573. The number of amides is 1. The van der Waals surface area contributed by atoms with Crippen molar-refractivity contribution >= 4 is 49.1 Å². The van der Waals surface area contributed by atoms with Crippen LogP contribution in [0.3, 0.4) is 0 Å². The molecule has 1 aliphatic heterocycles. The Kier molecular flexibility index (Phi) is 6.88.